The van der Waals surface area contributed by atoms with Crippen LogP contribution in [0.2, 0.25) is 0 Å². The number of methoxy groups -OCH3 is 2. The summed E-state index contributed by atoms with van der Waals surface area (Å²) in [5.41, 5.74) is 0.921. The highest BCUT2D eigenvalue weighted by Crippen LogP contribution is 2.61. The average molecular weight is 389 g/mol. The molecule has 4 fully saturated rings. The monoisotopic (exact) mass is 388 g/mol. The van der Waals surface area contributed by atoms with Gasteiger partial charge in [-0.25, -0.2) is 0 Å². The number of benzene rings is 1. The number of amides is 1. The van der Waals surface area contributed by atoms with E-state index in [-0.39, 0.29) is 11.3 Å². The van der Waals surface area contributed by atoms with Crippen molar-refractivity contribution in [2.45, 2.75) is 44.9 Å². The molecule has 146 valence electrons. The number of nitrogens with one attached hydrogen (secondary N) is 2. The highest BCUT2D eigenvalue weighted by Gasteiger charge is 2.51. The summed E-state index contributed by atoms with van der Waals surface area (Å²) < 4.78 is 10.6. The normalized spacial score (nSPS) is 30.7. The second kappa shape index (κ2) is 7.30. The van der Waals surface area contributed by atoms with Crippen LogP contribution in [0.25, 0.3) is 0 Å². The molecule has 5 rings (SSSR count). The molecular weight excluding hydrogens is 360 g/mol. The molecule has 1 aromatic carbocycles. The van der Waals surface area contributed by atoms with E-state index in [0.29, 0.717) is 28.7 Å². The minimum atomic E-state index is 0.0296. The fraction of sp³-hybridized carbons (Fsp3) is 0.619. The van der Waals surface area contributed by atoms with Gasteiger partial charge in [0.25, 0.3) is 0 Å². The second-order valence-corrected chi connectivity index (χ2v) is 9.07. The van der Waals surface area contributed by atoms with Crippen LogP contribution in [-0.4, -0.2) is 25.2 Å². The van der Waals surface area contributed by atoms with E-state index in [1.165, 1.54) is 38.5 Å². The van der Waals surface area contributed by atoms with E-state index in [1.54, 1.807) is 20.3 Å². The third kappa shape index (κ3) is 3.91. The summed E-state index contributed by atoms with van der Waals surface area (Å²) in [6.07, 6.45) is 8.42. The third-order valence-corrected chi connectivity index (χ3v) is 6.81. The van der Waals surface area contributed by atoms with Crippen LogP contribution in [0.5, 0.6) is 11.5 Å². The van der Waals surface area contributed by atoms with Gasteiger partial charge in [0, 0.05) is 12.5 Å². The zero-order valence-corrected chi connectivity index (χ0v) is 16.9. The van der Waals surface area contributed by atoms with Gasteiger partial charge >= 0.3 is 0 Å². The van der Waals surface area contributed by atoms with Crippen molar-refractivity contribution in [2.24, 2.45) is 23.2 Å². The van der Waals surface area contributed by atoms with Crippen LogP contribution in [-0.2, 0) is 4.79 Å². The van der Waals surface area contributed by atoms with Gasteiger partial charge in [-0.2, -0.15) is 0 Å². The largest absolute Gasteiger partial charge is 0.497 e. The molecule has 0 unspecified atom stereocenters. The van der Waals surface area contributed by atoms with Gasteiger partial charge in [-0.3, -0.25) is 4.79 Å². The first-order chi connectivity index (χ1) is 13.0. The molecule has 0 aromatic heterocycles. The second-order valence-electron chi connectivity index (χ2n) is 8.66. The lowest BCUT2D eigenvalue weighted by Gasteiger charge is -2.56. The molecular formula is C21H28N2O3S. The molecule has 0 atom stereocenters. The molecule has 0 heterocycles. The molecule has 2 N–H and O–H groups in total. The molecule has 1 aromatic rings. The van der Waals surface area contributed by atoms with Gasteiger partial charge in [0.2, 0.25) is 5.91 Å². The van der Waals surface area contributed by atoms with Crippen molar-refractivity contribution in [3.63, 3.8) is 0 Å². The molecule has 1 amide bonds. The highest BCUT2D eigenvalue weighted by atomic mass is 32.1. The number of hydrogen-bond acceptors (Lipinski definition) is 4. The molecule has 5 nitrogen and oxygen atoms in total. The molecule has 4 bridgehead atoms. The number of thiocarbonyl (C=S) groups is 1. The van der Waals surface area contributed by atoms with Gasteiger partial charge in [0.1, 0.15) is 11.5 Å². The average Bonchev–Trinajstić information content (AvgIpc) is 2.60. The van der Waals surface area contributed by atoms with Crippen LogP contribution < -0.4 is 20.1 Å². The molecule has 0 saturated heterocycles. The van der Waals surface area contributed by atoms with Gasteiger partial charge < -0.3 is 20.1 Å². The summed E-state index contributed by atoms with van der Waals surface area (Å²) in [6, 6.07) is 5.43. The lowest BCUT2D eigenvalue weighted by Crippen LogP contribution is -2.48. The lowest BCUT2D eigenvalue weighted by atomic mass is 9.49. The van der Waals surface area contributed by atoms with Crippen molar-refractivity contribution in [3.8, 4) is 11.5 Å². The first kappa shape index (κ1) is 18.5. The van der Waals surface area contributed by atoms with Crippen molar-refractivity contribution < 1.29 is 14.3 Å². The first-order valence-electron chi connectivity index (χ1n) is 9.81. The summed E-state index contributed by atoms with van der Waals surface area (Å²) in [6.45, 7) is 0. The predicted molar refractivity (Wildman–Crippen MR) is 109 cm³/mol. The Morgan fingerprint density at radius 2 is 1.74 bits per heavy atom. The van der Waals surface area contributed by atoms with Crippen molar-refractivity contribution in [3.05, 3.63) is 18.2 Å². The van der Waals surface area contributed by atoms with E-state index in [0.717, 1.165) is 17.8 Å². The predicted octanol–water partition coefficient (Wildman–Crippen LogP) is 4.12. The summed E-state index contributed by atoms with van der Waals surface area (Å²) in [5.74, 6) is 3.89. The summed E-state index contributed by atoms with van der Waals surface area (Å²) in [7, 11) is 3.20. The Bertz CT molecular complexity index is 714. The molecule has 4 aliphatic carbocycles. The van der Waals surface area contributed by atoms with Gasteiger partial charge in [0.15, 0.2) is 5.11 Å². The van der Waals surface area contributed by atoms with Crippen molar-refractivity contribution in [1.29, 1.82) is 0 Å². The van der Waals surface area contributed by atoms with Crippen LogP contribution in [0.3, 0.4) is 0 Å². The molecule has 6 heteroatoms. The number of carbonyl (C=O) groups is 1. The number of ether oxygens (including phenoxy) is 2. The molecule has 0 spiro atoms. The van der Waals surface area contributed by atoms with Crippen molar-refractivity contribution in [2.75, 3.05) is 19.5 Å². The summed E-state index contributed by atoms with van der Waals surface area (Å²) >= 11 is 5.36. The lowest BCUT2D eigenvalue weighted by molar-refractivity contribution is -0.127. The van der Waals surface area contributed by atoms with E-state index in [4.69, 9.17) is 21.7 Å². The van der Waals surface area contributed by atoms with E-state index >= 15 is 0 Å². The van der Waals surface area contributed by atoms with Gasteiger partial charge in [-0.05, 0) is 86.0 Å². The molecule has 0 radical (unpaired) electrons. The highest BCUT2D eigenvalue weighted by molar-refractivity contribution is 7.80. The Balaban J connectivity index is 1.35. The SMILES string of the molecule is COc1ccc(NC(=S)NC(=O)CC23CC4CC(CC(C4)C2)C3)c(OC)c1. The Morgan fingerprint density at radius 1 is 1.11 bits per heavy atom. The topological polar surface area (TPSA) is 59.6 Å². The van der Waals surface area contributed by atoms with Crippen LogP contribution in [0.1, 0.15) is 44.9 Å². The smallest absolute Gasteiger partial charge is 0.226 e. The number of rotatable bonds is 5. The Hall–Kier alpha value is -1.82. The number of carbonyl (C=O) groups excluding carboxylic acids is 1. The zero-order chi connectivity index (χ0) is 19.0. The molecule has 4 aliphatic rings. The zero-order valence-electron chi connectivity index (χ0n) is 16.0. The summed E-state index contributed by atoms with van der Waals surface area (Å²) in [5, 5.41) is 6.26. The van der Waals surface area contributed by atoms with Gasteiger partial charge in [-0.15, -0.1) is 0 Å². The number of hydrogen-bond donors (Lipinski definition) is 2. The molecule has 0 aliphatic heterocycles. The van der Waals surface area contributed by atoms with E-state index < -0.39 is 0 Å². The first-order valence-corrected chi connectivity index (χ1v) is 10.2. The van der Waals surface area contributed by atoms with Crippen LogP contribution in [0.4, 0.5) is 5.69 Å². The Morgan fingerprint density at radius 3 is 2.30 bits per heavy atom. The Kier molecular flexibility index (Phi) is 5.01. The van der Waals surface area contributed by atoms with Crippen molar-refractivity contribution in [1.82, 2.24) is 5.32 Å². The minimum absolute atomic E-state index is 0.0296. The van der Waals surface area contributed by atoms with E-state index in [1.807, 2.05) is 12.1 Å². The maximum Gasteiger partial charge on any atom is 0.226 e. The molecule has 27 heavy (non-hydrogen) atoms. The van der Waals surface area contributed by atoms with Crippen LogP contribution in [0, 0.1) is 23.2 Å². The standard InChI is InChI=1S/C21H28N2O3S/c1-25-16-3-4-17(18(8-16)26-2)22-20(27)23-19(24)12-21-9-13-5-14(10-21)7-15(6-13)11-21/h3-4,8,13-15H,5-7,9-12H2,1-2H3,(H2,22,23,24,27). The minimum Gasteiger partial charge on any atom is -0.497 e. The third-order valence-electron chi connectivity index (χ3n) is 6.61. The fourth-order valence-electron chi connectivity index (χ4n) is 6.07. The van der Waals surface area contributed by atoms with Crippen LogP contribution in [0.15, 0.2) is 18.2 Å². The summed E-state index contributed by atoms with van der Waals surface area (Å²) in [4.78, 5) is 12.7. The van der Waals surface area contributed by atoms with Crippen LogP contribution >= 0.6 is 12.2 Å². The quantitative estimate of drug-likeness (QED) is 0.743. The van der Waals surface area contributed by atoms with Gasteiger partial charge in [-0.1, -0.05) is 0 Å². The number of anilines is 1. The van der Waals surface area contributed by atoms with E-state index in [2.05, 4.69) is 10.6 Å². The van der Waals surface area contributed by atoms with Gasteiger partial charge in [0.05, 0.1) is 19.9 Å². The fourth-order valence-corrected chi connectivity index (χ4v) is 6.30. The maximum atomic E-state index is 12.7. The Labute approximate surface area is 166 Å². The maximum absolute atomic E-state index is 12.7. The van der Waals surface area contributed by atoms with Crippen molar-refractivity contribution >= 4 is 28.9 Å². The van der Waals surface area contributed by atoms with E-state index in [9.17, 15) is 4.79 Å². The molecule has 4 saturated carbocycles.